The van der Waals surface area contributed by atoms with E-state index in [2.05, 4.69) is 4.72 Å². The first-order chi connectivity index (χ1) is 11.2. The van der Waals surface area contributed by atoms with Gasteiger partial charge in [0.2, 0.25) is 10.0 Å². The average molecular weight is 368 g/mol. The van der Waals surface area contributed by atoms with Crippen molar-refractivity contribution in [1.82, 2.24) is 4.72 Å². The van der Waals surface area contributed by atoms with Crippen molar-refractivity contribution in [1.29, 1.82) is 0 Å². The van der Waals surface area contributed by atoms with Crippen LogP contribution in [-0.2, 0) is 10.0 Å². The number of hydrogen-bond acceptors (Lipinski definition) is 3. The SMILES string of the molecule is COc1ccc(C(C)C)cc1S(=O)(=O)N[C@@H](C)c1ccc(Cl)cc1. The fourth-order valence-corrected chi connectivity index (χ4v) is 3.94. The van der Waals surface area contributed by atoms with Crippen molar-refractivity contribution in [3.05, 3.63) is 58.6 Å². The Morgan fingerprint density at radius 1 is 1.00 bits per heavy atom. The van der Waals surface area contributed by atoms with Crippen molar-refractivity contribution in [2.75, 3.05) is 7.11 Å². The molecular weight excluding hydrogens is 346 g/mol. The Morgan fingerprint density at radius 2 is 1.58 bits per heavy atom. The van der Waals surface area contributed by atoms with Crippen molar-refractivity contribution in [3.63, 3.8) is 0 Å². The largest absolute Gasteiger partial charge is 0.495 e. The lowest BCUT2D eigenvalue weighted by atomic mass is 10.0. The third-order valence-electron chi connectivity index (χ3n) is 3.85. The predicted molar refractivity (Wildman–Crippen MR) is 97.3 cm³/mol. The molecule has 2 aromatic rings. The topological polar surface area (TPSA) is 55.4 Å². The zero-order valence-electron chi connectivity index (χ0n) is 14.2. The normalized spacial score (nSPS) is 13.1. The molecule has 24 heavy (non-hydrogen) atoms. The second-order valence-electron chi connectivity index (χ2n) is 5.96. The highest BCUT2D eigenvalue weighted by molar-refractivity contribution is 7.89. The minimum absolute atomic E-state index is 0.150. The van der Waals surface area contributed by atoms with Crippen LogP contribution in [0.2, 0.25) is 5.02 Å². The monoisotopic (exact) mass is 367 g/mol. The number of nitrogens with one attached hydrogen (secondary N) is 1. The summed E-state index contributed by atoms with van der Waals surface area (Å²) in [4.78, 5) is 0.150. The maximum absolute atomic E-state index is 12.8. The van der Waals surface area contributed by atoms with Crippen molar-refractivity contribution in [2.45, 2.75) is 37.6 Å². The lowest BCUT2D eigenvalue weighted by Gasteiger charge is -2.17. The van der Waals surface area contributed by atoms with E-state index < -0.39 is 10.0 Å². The molecule has 0 aromatic heterocycles. The maximum atomic E-state index is 12.8. The Bertz CT molecular complexity index is 802. The molecular formula is C18H22ClNO3S. The van der Waals surface area contributed by atoms with E-state index in [1.54, 1.807) is 43.3 Å². The van der Waals surface area contributed by atoms with Crippen LogP contribution < -0.4 is 9.46 Å². The highest BCUT2D eigenvalue weighted by Crippen LogP contribution is 2.29. The van der Waals surface area contributed by atoms with Gasteiger partial charge in [-0.25, -0.2) is 13.1 Å². The van der Waals surface area contributed by atoms with E-state index in [0.29, 0.717) is 10.8 Å². The summed E-state index contributed by atoms with van der Waals surface area (Å²) in [6, 6.07) is 11.9. The second kappa shape index (κ2) is 7.55. The van der Waals surface area contributed by atoms with E-state index in [4.69, 9.17) is 16.3 Å². The molecule has 0 fully saturated rings. The van der Waals surface area contributed by atoms with Crippen LogP contribution in [0.1, 0.15) is 43.9 Å². The van der Waals surface area contributed by atoms with Gasteiger partial charge in [0.25, 0.3) is 0 Å². The maximum Gasteiger partial charge on any atom is 0.244 e. The van der Waals surface area contributed by atoms with Gasteiger partial charge in [0.1, 0.15) is 10.6 Å². The molecule has 1 N–H and O–H groups in total. The fourth-order valence-electron chi connectivity index (χ4n) is 2.38. The molecule has 0 spiro atoms. The fraction of sp³-hybridized carbons (Fsp3) is 0.333. The van der Waals surface area contributed by atoms with Gasteiger partial charge in [-0.1, -0.05) is 43.6 Å². The van der Waals surface area contributed by atoms with Gasteiger partial charge in [-0.3, -0.25) is 0 Å². The number of halogens is 1. The molecule has 0 unspecified atom stereocenters. The summed E-state index contributed by atoms with van der Waals surface area (Å²) in [6.07, 6.45) is 0. The van der Waals surface area contributed by atoms with Crippen LogP contribution in [0.4, 0.5) is 0 Å². The Balaban J connectivity index is 2.35. The Labute approximate surface area is 148 Å². The standard InChI is InChI=1S/C18H22ClNO3S/c1-12(2)15-7-10-17(23-4)18(11-15)24(21,22)20-13(3)14-5-8-16(19)9-6-14/h5-13,20H,1-4H3/t13-/m0/s1. The molecule has 0 bridgehead atoms. The van der Waals surface area contributed by atoms with Crippen molar-refractivity contribution >= 4 is 21.6 Å². The molecule has 0 aliphatic carbocycles. The molecule has 4 nitrogen and oxygen atoms in total. The third kappa shape index (κ3) is 4.29. The molecule has 130 valence electrons. The van der Waals surface area contributed by atoms with E-state index in [0.717, 1.165) is 11.1 Å². The van der Waals surface area contributed by atoms with Gasteiger partial charge >= 0.3 is 0 Å². The first-order valence-corrected chi connectivity index (χ1v) is 9.56. The van der Waals surface area contributed by atoms with Gasteiger partial charge in [0, 0.05) is 11.1 Å². The second-order valence-corrected chi connectivity index (χ2v) is 8.08. The first-order valence-electron chi connectivity index (χ1n) is 7.70. The lowest BCUT2D eigenvalue weighted by molar-refractivity contribution is 0.401. The molecule has 0 amide bonds. The summed E-state index contributed by atoms with van der Waals surface area (Å²) in [6.45, 7) is 5.82. The van der Waals surface area contributed by atoms with Crippen LogP contribution in [0.15, 0.2) is 47.4 Å². The van der Waals surface area contributed by atoms with Gasteiger partial charge in [-0.15, -0.1) is 0 Å². The number of sulfonamides is 1. The van der Waals surface area contributed by atoms with Crippen LogP contribution in [0, 0.1) is 0 Å². The molecule has 1 atom stereocenters. The summed E-state index contributed by atoms with van der Waals surface area (Å²) in [5.74, 6) is 0.550. The minimum atomic E-state index is -3.72. The molecule has 0 saturated carbocycles. The molecule has 2 aromatic carbocycles. The zero-order chi connectivity index (χ0) is 17.9. The van der Waals surface area contributed by atoms with Crippen molar-refractivity contribution in [3.8, 4) is 5.75 Å². The lowest BCUT2D eigenvalue weighted by Crippen LogP contribution is -2.27. The first kappa shape index (κ1) is 18.8. The van der Waals surface area contributed by atoms with Crippen molar-refractivity contribution in [2.24, 2.45) is 0 Å². The van der Waals surface area contributed by atoms with Crippen LogP contribution >= 0.6 is 11.6 Å². The van der Waals surface area contributed by atoms with Crippen LogP contribution in [0.25, 0.3) is 0 Å². The summed E-state index contributed by atoms with van der Waals surface area (Å²) < 4.78 is 33.6. The molecule has 0 radical (unpaired) electrons. The molecule has 0 aliphatic heterocycles. The Morgan fingerprint density at radius 3 is 2.12 bits per heavy atom. The van der Waals surface area contributed by atoms with E-state index in [-0.39, 0.29) is 16.9 Å². The predicted octanol–water partition coefficient (Wildman–Crippen LogP) is 4.51. The van der Waals surface area contributed by atoms with Gasteiger partial charge in [0.15, 0.2) is 0 Å². The minimum Gasteiger partial charge on any atom is -0.495 e. The molecule has 2 rings (SSSR count). The summed E-state index contributed by atoms with van der Waals surface area (Å²) >= 11 is 5.88. The zero-order valence-corrected chi connectivity index (χ0v) is 15.8. The number of methoxy groups -OCH3 is 1. The smallest absolute Gasteiger partial charge is 0.244 e. The number of ether oxygens (including phenoxy) is 1. The number of benzene rings is 2. The van der Waals surface area contributed by atoms with E-state index in [1.807, 2.05) is 19.9 Å². The third-order valence-corrected chi connectivity index (χ3v) is 5.66. The quantitative estimate of drug-likeness (QED) is 0.817. The summed E-state index contributed by atoms with van der Waals surface area (Å²) in [5, 5.41) is 0.611. The van der Waals surface area contributed by atoms with Gasteiger partial charge in [0.05, 0.1) is 7.11 Å². The van der Waals surface area contributed by atoms with Gasteiger partial charge in [-0.05, 0) is 48.2 Å². The molecule has 0 saturated heterocycles. The number of hydrogen-bond donors (Lipinski definition) is 1. The average Bonchev–Trinajstić information content (AvgIpc) is 2.54. The summed E-state index contributed by atoms with van der Waals surface area (Å²) in [5.41, 5.74) is 1.78. The summed E-state index contributed by atoms with van der Waals surface area (Å²) in [7, 11) is -2.26. The number of rotatable bonds is 6. The molecule has 0 heterocycles. The molecule has 0 aliphatic rings. The highest BCUT2D eigenvalue weighted by Gasteiger charge is 2.23. The van der Waals surface area contributed by atoms with Crippen LogP contribution in [-0.4, -0.2) is 15.5 Å². The van der Waals surface area contributed by atoms with Crippen LogP contribution in [0.5, 0.6) is 5.75 Å². The van der Waals surface area contributed by atoms with E-state index >= 15 is 0 Å². The molecule has 6 heteroatoms. The van der Waals surface area contributed by atoms with Crippen LogP contribution in [0.3, 0.4) is 0 Å². The van der Waals surface area contributed by atoms with Crippen molar-refractivity contribution < 1.29 is 13.2 Å². The Hall–Kier alpha value is -1.56. The van der Waals surface area contributed by atoms with E-state index in [1.165, 1.54) is 7.11 Å². The Kier molecular flexibility index (Phi) is 5.91. The van der Waals surface area contributed by atoms with Gasteiger partial charge in [-0.2, -0.15) is 0 Å². The highest BCUT2D eigenvalue weighted by atomic mass is 35.5. The van der Waals surface area contributed by atoms with Gasteiger partial charge < -0.3 is 4.74 Å². The van der Waals surface area contributed by atoms with E-state index in [9.17, 15) is 8.42 Å².